The number of nitrogens with zero attached hydrogens (tertiary/aromatic N) is 3. The lowest BCUT2D eigenvalue weighted by atomic mass is 10.3. The van der Waals surface area contributed by atoms with Gasteiger partial charge < -0.3 is 10.2 Å². The normalized spacial score (nSPS) is 10.5. The van der Waals surface area contributed by atoms with E-state index in [1.807, 2.05) is 56.0 Å². The number of carbonyl (C=O) groups excluding carboxylic acids is 1. The molecule has 1 aromatic carbocycles. The monoisotopic (exact) mass is 284 g/mol. The minimum absolute atomic E-state index is 0.0762. The van der Waals surface area contributed by atoms with E-state index in [9.17, 15) is 4.79 Å². The van der Waals surface area contributed by atoms with Gasteiger partial charge in [-0.2, -0.15) is 0 Å². The van der Waals surface area contributed by atoms with E-state index in [-0.39, 0.29) is 11.9 Å². The fourth-order valence-electron chi connectivity index (χ4n) is 1.99. The second-order valence-corrected chi connectivity index (χ2v) is 4.95. The van der Waals surface area contributed by atoms with Crippen molar-refractivity contribution in [3.8, 4) is 0 Å². The number of hydrogen-bond donors (Lipinski definition) is 1. The van der Waals surface area contributed by atoms with Crippen molar-refractivity contribution < 1.29 is 4.79 Å². The Labute approximate surface area is 125 Å². The molecule has 110 valence electrons. The van der Waals surface area contributed by atoms with E-state index in [2.05, 4.69) is 15.3 Å². The van der Waals surface area contributed by atoms with Gasteiger partial charge in [0.1, 0.15) is 5.69 Å². The molecule has 5 nitrogen and oxygen atoms in total. The molecule has 0 aliphatic carbocycles. The highest BCUT2D eigenvalue weighted by atomic mass is 16.1. The minimum Gasteiger partial charge on any atom is -0.349 e. The second-order valence-electron chi connectivity index (χ2n) is 4.95. The van der Waals surface area contributed by atoms with Gasteiger partial charge in [-0.3, -0.25) is 4.79 Å². The molecule has 0 atom stereocenters. The van der Waals surface area contributed by atoms with Gasteiger partial charge in [-0.05, 0) is 39.0 Å². The minimum atomic E-state index is -0.183. The lowest BCUT2D eigenvalue weighted by Gasteiger charge is -2.21. The summed E-state index contributed by atoms with van der Waals surface area (Å²) in [6, 6.07) is 11.6. The van der Waals surface area contributed by atoms with E-state index < -0.39 is 0 Å². The van der Waals surface area contributed by atoms with E-state index in [0.29, 0.717) is 11.6 Å². The molecule has 2 aromatic rings. The maximum Gasteiger partial charge on any atom is 0.270 e. The van der Waals surface area contributed by atoms with Crippen molar-refractivity contribution in [3.05, 3.63) is 48.3 Å². The second kappa shape index (κ2) is 6.83. The van der Waals surface area contributed by atoms with Gasteiger partial charge in [0.25, 0.3) is 5.91 Å². The lowest BCUT2D eigenvalue weighted by Crippen LogP contribution is -2.31. The van der Waals surface area contributed by atoms with Crippen LogP contribution in [0.5, 0.6) is 0 Å². The highest BCUT2D eigenvalue weighted by molar-refractivity contribution is 5.92. The van der Waals surface area contributed by atoms with Crippen LogP contribution in [-0.4, -0.2) is 28.5 Å². The molecular formula is C16H20N4O. The van der Waals surface area contributed by atoms with E-state index >= 15 is 0 Å². The number of aromatic nitrogens is 2. The van der Waals surface area contributed by atoms with Crippen molar-refractivity contribution in [1.29, 1.82) is 0 Å². The van der Waals surface area contributed by atoms with Crippen LogP contribution < -0.4 is 10.2 Å². The summed E-state index contributed by atoms with van der Waals surface area (Å²) in [5, 5.41) is 2.84. The van der Waals surface area contributed by atoms with E-state index in [1.165, 1.54) is 0 Å². The quantitative estimate of drug-likeness (QED) is 0.917. The van der Waals surface area contributed by atoms with Gasteiger partial charge in [0.05, 0.1) is 0 Å². The van der Waals surface area contributed by atoms with Crippen molar-refractivity contribution in [2.75, 3.05) is 11.4 Å². The van der Waals surface area contributed by atoms with Gasteiger partial charge in [0.15, 0.2) is 0 Å². The summed E-state index contributed by atoms with van der Waals surface area (Å²) in [6.07, 6.45) is 1.61. The first kappa shape index (κ1) is 15.0. The van der Waals surface area contributed by atoms with Crippen LogP contribution in [0.1, 0.15) is 31.3 Å². The zero-order valence-corrected chi connectivity index (χ0v) is 12.6. The summed E-state index contributed by atoms with van der Waals surface area (Å²) in [4.78, 5) is 22.7. The first-order valence-electron chi connectivity index (χ1n) is 7.08. The first-order chi connectivity index (χ1) is 10.1. The van der Waals surface area contributed by atoms with Crippen molar-refractivity contribution >= 4 is 17.5 Å². The molecule has 0 radical (unpaired) electrons. The van der Waals surface area contributed by atoms with E-state index in [0.717, 1.165) is 12.2 Å². The third kappa shape index (κ3) is 3.78. The van der Waals surface area contributed by atoms with Crippen LogP contribution in [0.2, 0.25) is 0 Å². The Kier molecular flexibility index (Phi) is 4.87. The molecule has 1 amide bonds. The summed E-state index contributed by atoms with van der Waals surface area (Å²) < 4.78 is 0. The van der Waals surface area contributed by atoms with Crippen LogP contribution in [0.25, 0.3) is 0 Å². The molecule has 0 aliphatic rings. The van der Waals surface area contributed by atoms with Crippen LogP contribution in [0.4, 0.5) is 11.6 Å². The Hall–Kier alpha value is -2.43. The van der Waals surface area contributed by atoms with Gasteiger partial charge in [0.2, 0.25) is 5.95 Å². The Morgan fingerprint density at radius 1 is 1.24 bits per heavy atom. The summed E-state index contributed by atoms with van der Waals surface area (Å²) in [7, 11) is 0. The molecule has 0 bridgehead atoms. The van der Waals surface area contributed by atoms with Crippen LogP contribution in [0.15, 0.2) is 42.6 Å². The third-order valence-corrected chi connectivity index (χ3v) is 2.92. The Bertz CT molecular complexity index is 598. The Balaban J connectivity index is 2.29. The fourth-order valence-corrected chi connectivity index (χ4v) is 1.99. The molecule has 0 saturated heterocycles. The molecule has 0 aliphatic heterocycles. The van der Waals surface area contributed by atoms with Gasteiger partial charge in [-0.15, -0.1) is 0 Å². The average molecular weight is 284 g/mol. The summed E-state index contributed by atoms with van der Waals surface area (Å²) in [5.41, 5.74) is 1.38. The molecule has 2 rings (SSSR count). The van der Waals surface area contributed by atoms with Crippen LogP contribution in [0, 0.1) is 0 Å². The van der Waals surface area contributed by atoms with Crippen molar-refractivity contribution in [3.63, 3.8) is 0 Å². The van der Waals surface area contributed by atoms with Gasteiger partial charge >= 0.3 is 0 Å². The summed E-state index contributed by atoms with van der Waals surface area (Å²) in [5.74, 6) is 0.345. The predicted molar refractivity (Wildman–Crippen MR) is 83.8 cm³/mol. The molecule has 0 unspecified atom stereocenters. The number of rotatable bonds is 5. The number of carbonyl (C=O) groups is 1. The number of amides is 1. The SMILES string of the molecule is CCN(c1ccccc1)c1nccc(C(=O)NC(C)C)n1. The van der Waals surface area contributed by atoms with Crippen LogP contribution in [0.3, 0.4) is 0 Å². The molecule has 21 heavy (non-hydrogen) atoms. The molecule has 1 heterocycles. The average Bonchev–Trinajstić information content (AvgIpc) is 2.49. The van der Waals surface area contributed by atoms with Crippen molar-refractivity contribution in [2.24, 2.45) is 0 Å². The highest BCUT2D eigenvalue weighted by Gasteiger charge is 2.14. The number of benzene rings is 1. The molecule has 5 heteroatoms. The molecule has 0 fully saturated rings. The molecule has 0 saturated carbocycles. The predicted octanol–water partition coefficient (Wildman–Crippen LogP) is 2.77. The molecule has 1 N–H and O–H groups in total. The zero-order chi connectivity index (χ0) is 15.2. The highest BCUT2D eigenvalue weighted by Crippen LogP contribution is 2.20. The van der Waals surface area contributed by atoms with E-state index in [1.54, 1.807) is 12.3 Å². The van der Waals surface area contributed by atoms with Crippen molar-refractivity contribution in [1.82, 2.24) is 15.3 Å². The fraction of sp³-hybridized carbons (Fsp3) is 0.312. The Morgan fingerprint density at radius 3 is 2.57 bits per heavy atom. The first-order valence-corrected chi connectivity index (χ1v) is 7.08. The van der Waals surface area contributed by atoms with Gasteiger partial charge in [-0.25, -0.2) is 9.97 Å². The number of nitrogens with one attached hydrogen (secondary N) is 1. The lowest BCUT2D eigenvalue weighted by molar-refractivity contribution is 0.0938. The largest absolute Gasteiger partial charge is 0.349 e. The van der Waals surface area contributed by atoms with Gasteiger partial charge in [-0.1, -0.05) is 18.2 Å². The third-order valence-electron chi connectivity index (χ3n) is 2.92. The smallest absolute Gasteiger partial charge is 0.270 e. The molecule has 1 aromatic heterocycles. The summed E-state index contributed by atoms with van der Waals surface area (Å²) >= 11 is 0. The van der Waals surface area contributed by atoms with Crippen molar-refractivity contribution in [2.45, 2.75) is 26.8 Å². The van der Waals surface area contributed by atoms with E-state index in [4.69, 9.17) is 0 Å². The number of para-hydroxylation sites is 1. The molecule has 0 spiro atoms. The molecular weight excluding hydrogens is 264 g/mol. The maximum absolute atomic E-state index is 12.0. The number of hydrogen-bond acceptors (Lipinski definition) is 4. The summed E-state index contributed by atoms with van der Waals surface area (Å²) in [6.45, 7) is 6.58. The van der Waals surface area contributed by atoms with Crippen LogP contribution in [-0.2, 0) is 0 Å². The van der Waals surface area contributed by atoms with Crippen LogP contribution >= 0.6 is 0 Å². The number of anilines is 2. The standard InChI is InChI=1S/C16H20N4O/c1-4-20(13-8-6-5-7-9-13)16-17-11-10-14(19-16)15(21)18-12(2)3/h5-12H,4H2,1-3H3,(H,18,21). The maximum atomic E-state index is 12.0. The topological polar surface area (TPSA) is 58.1 Å². The zero-order valence-electron chi connectivity index (χ0n) is 12.6. The Morgan fingerprint density at radius 2 is 1.95 bits per heavy atom. The van der Waals surface area contributed by atoms with Gasteiger partial charge in [0, 0.05) is 24.5 Å².